The molecule has 1 aliphatic carbocycles. The van der Waals surface area contributed by atoms with Gasteiger partial charge in [-0.1, -0.05) is 0 Å². The van der Waals surface area contributed by atoms with Gasteiger partial charge in [-0.3, -0.25) is 4.79 Å². The highest BCUT2D eigenvalue weighted by Crippen LogP contribution is 2.35. The third-order valence-corrected chi connectivity index (χ3v) is 4.77. The molecule has 27 heavy (non-hydrogen) atoms. The van der Waals surface area contributed by atoms with E-state index in [1.54, 1.807) is 25.6 Å². The minimum Gasteiger partial charge on any atom is -0.481 e. The first-order valence-electron chi connectivity index (χ1n) is 8.61. The number of halogens is 1. The molecule has 2 atom stereocenters. The number of anilines is 2. The van der Waals surface area contributed by atoms with Crippen LogP contribution in [0.5, 0.6) is 5.88 Å². The molecule has 1 aromatic carbocycles. The van der Waals surface area contributed by atoms with Crippen LogP contribution in [-0.4, -0.2) is 29.2 Å². The van der Waals surface area contributed by atoms with E-state index >= 15 is 0 Å². The molecule has 1 amide bonds. The summed E-state index contributed by atoms with van der Waals surface area (Å²) in [7, 11) is 1.57. The van der Waals surface area contributed by atoms with Gasteiger partial charge < -0.3 is 15.8 Å². The quantitative estimate of drug-likeness (QED) is 0.690. The van der Waals surface area contributed by atoms with Crippen LogP contribution in [0.25, 0.3) is 21.9 Å². The summed E-state index contributed by atoms with van der Waals surface area (Å²) in [5.41, 5.74) is 9.65. The molecule has 0 radical (unpaired) electrons. The van der Waals surface area contributed by atoms with E-state index in [4.69, 9.17) is 10.5 Å². The van der Waals surface area contributed by atoms with Gasteiger partial charge in [0, 0.05) is 29.5 Å². The molecule has 2 heterocycles. The number of amides is 1. The Hall–Kier alpha value is -3.22. The number of aromatic nitrogens is 2. The number of methoxy groups -OCH3 is 1. The van der Waals surface area contributed by atoms with Crippen LogP contribution < -0.4 is 15.8 Å². The van der Waals surface area contributed by atoms with E-state index in [-0.39, 0.29) is 12.3 Å². The number of carbonyl (C=O) groups is 1. The summed E-state index contributed by atoms with van der Waals surface area (Å²) >= 11 is 0. The fourth-order valence-corrected chi connectivity index (χ4v) is 3.09. The Morgan fingerprint density at radius 2 is 2.04 bits per heavy atom. The maximum Gasteiger partial charge on any atom is 0.231 e. The number of pyridine rings is 2. The van der Waals surface area contributed by atoms with Crippen molar-refractivity contribution in [3.05, 3.63) is 42.2 Å². The van der Waals surface area contributed by atoms with Gasteiger partial charge in [0.15, 0.2) is 0 Å². The Labute approximate surface area is 155 Å². The number of alkyl halides is 1. The average Bonchev–Trinajstić information content (AvgIpc) is 3.38. The van der Waals surface area contributed by atoms with Gasteiger partial charge in [0.1, 0.15) is 12.0 Å². The van der Waals surface area contributed by atoms with Gasteiger partial charge in [0.2, 0.25) is 11.8 Å². The second kappa shape index (κ2) is 6.50. The van der Waals surface area contributed by atoms with E-state index in [2.05, 4.69) is 15.3 Å². The van der Waals surface area contributed by atoms with Gasteiger partial charge in [-0.2, -0.15) is 0 Å². The smallest absolute Gasteiger partial charge is 0.231 e. The van der Waals surface area contributed by atoms with Crippen molar-refractivity contribution in [1.82, 2.24) is 9.97 Å². The lowest BCUT2D eigenvalue weighted by atomic mass is 9.98. The molecule has 7 heteroatoms. The van der Waals surface area contributed by atoms with E-state index in [0.29, 0.717) is 17.4 Å². The standard InChI is InChI=1S/C20H19FN4O2/c1-10-8-24-19(27-2)7-13(10)11-3-12-5-18(23-9-15(12)17(22)4-11)25-20(26)14-6-16(14)21/h3-5,7-9,14,16H,6,22H2,1-2H3,(H,23,25,26). The molecule has 0 bridgehead atoms. The van der Waals surface area contributed by atoms with E-state index in [1.165, 1.54) is 0 Å². The topological polar surface area (TPSA) is 90.1 Å². The van der Waals surface area contributed by atoms with Gasteiger partial charge in [0.05, 0.1) is 13.0 Å². The number of nitrogens with zero attached hydrogens (tertiary/aromatic N) is 2. The van der Waals surface area contributed by atoms with Crippen LogP contribution in [-0.2, 0) is 4.79 Å². The molecule has 1 saturated carbocycles. The van der Waals surface area contributed by atoms with Crippen molar-refractivity contribution < 1.29 is 13.9 Å². The van der Waals surface area contributed by atoms with Crippen LogP contribution in [0, 0.1) is 12.8 Å². The van der Waals surface area contributed by atoms with Gasteiger partial charge in [-0.15, -0.1) is 0 Å². The fourth-order valence-electron chi connectivity index (χ4n) is 3.09. The second-order valence-corrected chi connectivity index (χ2v) is 6.75. The molecule has 1 fully saturated rings. The Balaban J connectivity index is 1.74. The molecule has 2 aromatic heterocycles. The van der Waals surface area contributed by atoms with E-state index < -0.39 is 12.1 Å². The number of hydrogen-bond acceptors (Lipinski definition) is 5. The predicted octanol–water partition coefficient (Wildman–Crippen LogP) is 3.49. The van der Waals surface area contributed by atoms with E-state index in [0.717, 1.165) is 27.5 Å². The largest absolute Gasteiger partial charge is 0.481 e. The van der Waals surface area contributed by atoms with Crippen LogP contribution in [0.3, 0.4) is 0 Å². The molecule has 1 aliphatic rings. The average molecular weight is 366 g/mol. The lowest BCUT2D eigenvalue weighted by molar-refractivity contribution is -0.117. The number of carbonyl (C=O) groups excluding carboxylic acids is 1. The Kier molecular flexibility index (Phi) is 4.14. The maximum atomic E-state index is 13.1. The first-order chi connectivity index (χ1) is 13.0. The summed E-state index contributed by atoms with van der Waals surface area (Å²) in [6.07, 6.45) is 2.59. The van der Waals surface area contributed by atoms with Crippen molar-refractivity contribution in [1.29, 1.82) is 0 Å². The maximum absolute atomic E-state index is 13.1. The normalized spacial score (nSPS) is 18.3. The molecule has 138 valence electrons. The molecule has 0 saturated heterocycles. The van der Waals surface area contributed by atoms with Crippen molar-refractivity contribution in [2.24, 2.45) is 5.92 Å². The highest BCUT2D eigenvalue weighted by molar-refractivity contribution is 6.00. The summed E-state index contributed by atoms with van der Waals surface area (Å²) < 4.78 is 18.3. The highest BCUT2D eigenvalue weighted by atomic mass is 19.1. The molecule has 3 aromatic rings. The predicted molar refractivity (Wildman–Crippen MR) is 102 cm³/mol. The Morgan fingerprint density at radius 3 is 2.74 bits per heavy atom. The minimum atomic E-state index is -1.04. The summed E-state index contributed by atoms with van der Waals surface area (Å²) in [5.74, 6) is -0.00614. The first-order valence-corrected chi connectivity index (χ1v) is 8.61. The van der Waals surface area contributed by atoms with Crippen LogP contribution in [0.15, 0.2) is 36.7 Å². The minimum absolute atomic E-state index is 0.277. The van der Waals surface area contributed by atoms with Crippen LogP contribution in [0.1, 0.15) is 12.0 Å². The van der Waals surface area contributed by atoms with Crippen LogP contribution in [0.4, 0.5) is 15.9 Å². The number of nitrogens with two attached hydrogens (primary N) is 1. The first kappa shape index (κ1) is 17.2. The zero-order valence-electron chi connectivity index (χ0n) is 15.0. The molecular formula is C20H19FN4O2. The van der Waals surface area contributed by atoms with Gasteiger partial charge >= 0.3 is 0 Å². The lowest BCUT2D eigenvalue weighted by Gasteiger charge is -2.12. The van der Waals surface area contributed by atoms with E-state index in [1.807, 2.05) is 25.1 Å². The molecule has 4 rings (SSSR count). The second-order valence-electron chi connectivity index (χ2n) is 6.75. The molecular weight excluding hydrogens is 347 g/mol. The third-order valence-electron chi connectivity index (χ3n) is 4.77. The summed E-state index contributed by atoms with van der Waals surface area (Å²) in [5, 5.41) is 4.29. The molecule has 3 N–H and O–H groups in total. The van der Waals surface area contributed by atoms with Gasteiger partial charge in [-0.05, 0) is 53.6 Å². The van der Waals surface area contributed by atoms with Gasteiger partial charge in [0.25, 0.3) is 0 Å². The molecule has 6 nitrogen and oxygen atoms in total. The van der Waals surface area contributed by atoms with Crippen LogP contribution in [0.2, 0.25) is 0 Å². The molecule has 0 spiro atoms. The van der Waals surface area contributed by atoms with E-state index in [9.17, 15) is 9.18 Å². The Bertz CT molecular complexity index is 1050. The highest BCUT2D eigenvalue weighted by Gasteiger charge is 2.43. The number of nitrogen functional groups attached to an aromatic ring is 1. The SMILES string of the molecule is COc1cc(-c2cc(N)c3cnc(NC(=O)C4CC4F)cc3c2)c(C)cn1. The van der Waals surface area contributed by atoms with Crippen molar-refractivity contribution in [3.8, 4) is 17.0 Å². The third kappa shape index (κ3) is 3.28. The summed E-state index contributed by atoms with van der Waals surface area (Å²) in [4.78, 5) is 20.4. The number of ether oxygens (including phenoxy) is 1. The lowest BCUT2D eigenvalue weighted by Crippen LogP contribution is -2.15. The monoisotopic (exact) mass is 366 g/mol. The fraction of sp³-hybridized carbons (Fsp3) is 0.250. The van der Waals surface area contributed by atoms with Crippen LogP contribution >= 0.6 is 0 Å². The number of benzene rings is 1. The number of aryl methyl sites for hydroxylation is 1. The van der Waals surface area contributed by atoms with Crippen molar-refractivity contribution in [2.75, 3.05) is 18.2 Å². The molecule has 2 unspecified atom stereocenters. The molecule has 0 aliphatic heterocycles. The zero-order valence-corrected chi connectivity index (χ0v) is 15.0. The number of nitrogens with one attached hydrogen (secondary N) is 1. The van der Waals surface area contributed by atoms with Crippen molar-refractivity contribution in [3.63, 3.8) is 0 Å². The Morgan fingerprint density at radius 1 is 1.26 bits per heavy atom. The summed E-state index contributed by atoms with van der Waals surface area (Å²) in [6, 6.07) is 7.45. The summed E-state index contributed by atoms with van der Waals surface area (Å²) in [6.45, 7) is 1.96. The zero-order chi connectivity index (χ0) is 19.1. The van der Waals surface area contributed by atoms with Crippen molar-refractivity contribution >= 4 is 28.2 Å². The number of hydrogen-bond donors (Lipinski definition) is 2. The number of rotatable bonds is 4. The number of fused-ring (bicyclic) bond motifs is 1. The van der Waals surface area contributed by atoms with Crippen molar-refractivity contribution in [2.45, 2.75) is 19.5 Å². The van der Waals surface area contributed by atoms with Gasteiger partial charge in [-0.25, -0.2) is 14.4 Å².